The summed E-state index contributed by atoms with van der Waals surface area (Å²) in [5.41, 5.74) is 0.498. The molecule has 1 heterocycles. The van der Waals surface area contributed by atoms with Crippen LogP contribution in [0, 0.1) is 29.1 Å². The zero-order valence-corrected chi connectivity index (χ0v) is 13.1. The zero-order valence-electron chi connectivity index (χ0n) is 13.1. The number of nitrogens with zero attached hydrogens (tertiary/aromatic N) is 2. The van der Waals surface area contributed by atoms with E-state index in [9.17, 15) is 4.79 Å². The van der Waals surface area contributed by atoms with Crippen LogP contribution in [-0.2, 0) is 4.79 Å². The normalized spacial score (nSPS) is 44.0. The summed E-state index contributed by atoms with van der Waals surface area (Å²) >= 11 is 0. The molecule has 2 unspecified atom stereocenters. The molecular formula is C16H24N4O. The molecule has 0 radical (unpaired) electrons. The van der Waals surface area contributed by atoms with Crippen molar-refractivity contribution in [2.24, 2.45) is 22.2 Å². The fraction of sp³-hybridized carbons (Fsp3) is 0.812. The molecule has 5 nitrogen and oxygen atoms in total. The Kier molecular flexibility index (Phi) is 2.45. The molecule has 2 N–H and O–H groups in total. The average molecular weight is 288 g/mol. The summed E-state index contributed by atoms with van der Waals surface area (Å²) in [4.78, 5) is 17.2. The fourth-order valence-electron chi connectivity index (χ4n) is 6.33. The van der Waals surface area contributed by atoms with Gasteiger partial charge in [-0.2, -0.15) is 4.98 Å². The average Bonchev–Trinajstić information content (AvgIpc) is 2.69. The molecule has 4 fully saturated rings. The van der Waals surface area contributed by atoms with Gasteiger partial charge in [-0.05, 0) is 62.2 Å². The third kappa shape index (κ3) is 2.00. The molecule has 4 aliphatic carbocycles. The van der Waals surface area contributed by atoms with E-state index in [0.29, 0.717) is 16.8 Å². The molecule has 1 aromatic heterocycles. The maximum absolute atomic E-state index is 13.0. The highest BCUT2D eigenvalue weighted by Crippen LogP contribution is 2.69. The summed E-state index contributed by atoms with van der Waals surface area (Å²) in [5, 5.41) is 9.80. The van der Waals surface area contributed by atoms with E-state index in [1.54, 1.807) is 0 Å². The minimum Gasteiger partial charge on any atom is -0.293 e. The molecule has 4 saturated carbocycles. The molecule has 1 amide bonds. The number of nitrogens with one attached hydrogen (secondary N) is 2. The number of rotatable bonds is 2. The van der Waals surface area contributed by atoms with Gasteiger partial charge in [-0.15, -0.1) is 5.10 Å². The summed E-state index contributed by atoms with van der Waals surface area (Å²) in [6.07, 6.45) is 7.00. The molecule has 0 aliphatic heterocycles. The number of carbonyl (C=O) groups is 1. The third-order valence-corrected chi connectivity index (χ3v) is 5.93. The summed E-state index contributed by atoms with van der Waals surface area (Å²) in [6, 6.07) is 0. The maximum Gasteiger partial charge on any atom is 0.248 e. The van der Waals surface area contributed by atoms with Gasteiger partial charge >= 0.3 is 0 Å². The number of aromatic nitrogens is 3. The summed E-state index contributed by atoms with van der Waals surface area (Å²) in [6.45, 7) is 6.61. The minimum absolute atomic E-state index is 0.142. The number of H-pyrrole nitrogens is 1. The molecule has 1 aromatic rings. The highest BCUT2D eigenvalue weighted by Gasteiger charge is 2.62. The van der Waals surface area contributed by atoms with Crippen molar-refractivity contribution in [2.45, 2.75) is 59.3 Å². The number of anilines is 1. The first-order chi connectivity index (χ1) is 9.80. The van der Waals surface area contributed by atoms with E-state index in [0.717, 1.165) is 31.0 Å². The lowest BCUT2D eigenvalue weighted by molar-refractivity contribution is -0.165. The lowest BCUT2D eigenvalue weighted by Gasteiger charge is -2.64. The van der Waals surface area contributed by atoms with Gasteiger partial charge in [-0.25, -0.2) is 0 Å². The summed E-state index contributed by atoms with van der Waals surface area (Å²) in [5.74, 6) is 2.01. The van der Waals surface area contributed by atoms with Gasteiger partial charge in [0, 0.05) is 0 Å². The molecule has 0 aromatic carbocycles. The van der Waals surface area contributed by atoms with Crippen LogP contribution in [-0.4, -0.2) is 21.1 Å². The molecule has 114 valence electrons. The van der Waals surface area contributed by atoms with E-state index in [1.165, 1.54) is 19.3 Å². The molecule has 4 aliphatic rings. The molecule has 5 rings (SSSR count). The largest absolute Gasteiger partial charge is 0.293 e. The Hall–Kier alpha value is -1.39. The van der Waals surface area contributed by atoms with Crippen LogP contribution in [0.4, 0.5) is 5.95 Å². The van der Waals surface area contributed by atoms with Gasteiger partial charge < -0.3 is 0 Å². The van der Waals surface area contributed by atoms with Crippen molar-refractivity contribution >= 4 is 11.9 Å². The monoisotopic (exact) mass is 288 g/mol. The van der Waals surface area contributed by atoms with Gasteiger partial charge in [0.1, 0.15) is 5.82 Å². The van der Waals surface area contributed by atoms with Crippen LogP contribution in [0.3, 0.4) is 0 Å². The number of aryl methyl sites for hydroxylation is 1. The van der Waals surface area contributed by atoms with E-state index in [1.807, 2.05) is 6.92 Å². The van der Waals surface area contributed by atoms with E-state index < -0.39 is 0 Å². The van der Waals surface area contributed by atoms with Crippen molar-refractivity contribution in [3.63, 3.8) is 0 Å². The van der Waals surface area contributed by atoms with Crippen LogP contribution in [0.2, 0.25) is 0 Å². The van der Waals surface area contributed by atoms with Crippen molar-refractivity contribution < 1.29 is 4.79 Å². The number of hydrogen-bond acceptors (Lipinski definition) is 3. The van der Waals surface area contributed by atoms with Crippen LogP contribution >= 0.6 is 0 Å². The molecular weight excluding hydrogens is 264 g/mol. The Morgan fingerprint density at radius 2 is 1.86 bits per heavy atom. The Morgan fingerprint density at radius 3 is 2.38 bits per heavy atom. The SMILES string of the molecule is Cc1nc(NC(=O)C23CC4CC(C)(CC(C)(C4)C2)C3)n[nH]1. The van der Waals surface area contributed by atoms with Crippen LogP contribution in [0.25, 0.3) is 0 Å². The maximum atomic E-state index is 13.0. The van der Waals surface area contributed by atoms with Gasteiger partial charge in [-0.1, -0.05) is 13.8 Å². The van der Waals surface area contributed by atoms with Gasteiger partial charge in [0.2, 0.25) is 11.9 Å². The number of carbonyl (C=O) groups excluding carboxylic acids is 1. The lowest BCUT2D eigenvalue weighted by atomic mass is 9.40. The van der Waals surface area contributed by atoms with E-state index in [2.05, 4.69) is 34.3 Å². The second-order valence-electron chi connectivity index (χ2n) is 8.61. The number of hydrogen-bond donors (Lipinski definition) is 2. The summed E-state index contributed by atoms with van der Waals surface area (Å²) < 4.78 is 0. The second kappa shape index (κ2) is 3.87. The molecule has 0 spiro atoms. The van der Waals surface area contributed by atoms with Crippen LogP contribution in [0.5, 0.6) is 0 Å². The highest BCUT2D eigenvalue weighted by atomic mass is 16.2. The fourth-order valence-corrected chi connectivity index (χ4v) is 6.33. The Morgan fingerprint density at radius 1 is 1.19 bits per heavy atom. The highest BCUT2D eigenvalue weighted by molar-refractivity contribution is 5.94. The van der Waals surface area contributed by atoms with E-state index in [4.69, 9.17) is 0 Å². The Balaban J connectivity index is 1.63. The van der Waals surface area contributed by atoms with Gasteiger partial charge in [0.25, 0.3) is 0 Å². The minimum atomic E-state index is -0.197. The van der Waals surface area contributed by atoms with Gasteiger partial charge in [-0.3, -0.25) is 15.2 Å². The number of amides is 1. The topological polar surface area (TPSA) is 70.7 Å². The predicted molar refractivity (Wildman–Crippen MR) is 79.6 cm³/mol. The van der Waals surface area contributed by atoms with E-state index in [-0.39, 0.29) is 11.3 Å². The lowest BCUT2D eigenvalue weighted by Crippen LogP contribution is -2.58. The quantitative estimate of drug-likeness (QED) is 0.878. The Labute approximate surface area is 125 Å². The standard InChI is InChI=1S/C16H24N4O/c1-10-17-13(20-19-10)18-12(21)16-6-11-4-14(2,8-16)7-15(3,5-11)9-16/h11H,4-9H2,1-3H3,(H2,17,18,19,20,21). The first-order valence-corrected chi connectivity index (χ1v) is 8.01. The Bertz CT molecular complexity index is 589. The van der Waals surface area contributed by atoms with Crippen molar-refractivity contribution in [3.05, 3.63) is 5.82 Å². The summed E-state index contributed by atoms with van der Waals surface area (Å²) in [7, 11) is 0. The molecule has 21 heavy (non-hydrogen) atoms. The van der Waals surface area contributed by atoms with Gasteiger partial charge in [0.05, 0.1) is 5.41 Å². The zero-order chi connectivity index (χ0) is 14.9. The van der Waals surface area contributed by atoms with Crippen LogP contribution in [0.1, 0.15) is 58.2 Å². The predicted octanol–water partition coefficient (Wildman–Crippen LogP) is 3.05. The smallest absolute Gasteiger partial charge is 0.248 e. The van der Waals surface area contributed by atoms with Crippen LogP contribution in [0.15, 0.2) is 0 Å². The van der Waals surface area contributed by atoms with Crippen molar-refractivity contribution in [1.82, 2.24) is 15.2 Å². The molecule has 2 atom stereocenters. The number of aromatic amines is 1. The van der Waals surface area contributed by atoms with Crippen LogP contribution < -0.4 is 5.32 Å². The first kappa shape index (κ1) is 13.3. The molecule has 5 heteroatoms. The van der Waals surface area contributed by atoms with Crippen molar-refractivity contribution in [2.75, 3.05) is 5.32 Å². The van der Waals surface area contributed by atoms with Crippen molar-refractivity contribution in [3.8, 4) is 0 Å². The van der Waals surface area contributed by atoms with E-state index >= 15 is 0 Å². The third-order valence-electron chi connectivity index (χ3n) is 5.93. The first-order valence-electron chi connectivity index (χ1n) is 8.01. The van der Waals surface area contributed by atoms with Gasteiger partial charge in [0.15, 0.2) is 0 Å². The molecule has 4 bridgehead atoms. The van der Waals surface area contributed by atoms with Crippen molar-refractivity contribution in [1.29, 1.82) is 0 Å². The molecule has 0 saturated heterocycles. The second-order valence-corrected chi connectivity index (χ2v) is 8.61.